The maximum Gasteiger partial charge on any atom is 0.255 e. The smallest absolute Gasteiger partial charge is 0.255 e. The highest BCUT2D eigenvalue weighted by Crippen LogP contribution is 2.28. The summed E-state index contributed by atoms with van der Waals surface area (Å²) < 4.78 is 5.45. The van der Waals surface area contributed by atoms with Crippen LogP contribution in [0.3, 0.4) is 0 Å². The van der Waals surface area contributed by atoms with Crippen LogP contribution in [0.5, 0.6) is 0 Å². The number of amides is 1. The summed E-state index contributed by atoms with van der Waals surface area (Å²) >= 11 is 0. The van der Waals surface area contributed by atoms with E-state index in [1.54, 1.807) is 6.26 Å². The number of para-hydroxylation sites is 1. The second kappa shape index (κ2) is 4.63. The molecule has 0 saturated carbocycles. The zero-order chi connectivity index (χ0) is 13.5. The molecule has 4 heteroatoms. The Morgan fingerprint density at radius 3 is 2.80 bits per heavy atom. The number of furan rings is 1. The van der Waals surface area contributed by atoms with Crippen LogP contribution in [0, 0.1) is 5.92 Å². The van der Waals surface area contributed by atoms with Gasteiger partial charge in [0.1, 0.15) is 11.8 Å². The quantitative estimate of drug-likeness (QED) is 0.910. The second-order valence-corrected chi connectivity index (χ2v) is 5.86. The number of carbonyl (C=O) groups excluding carboxylic acids is 1. The summed E-state index contributed by atoms with van der Waals surface area (Å²) in [5.41, 5.74) is 1.42. The van der Waals surface area contributed by atoms with Crippen LogP contribution >= 0.6 is 0 Å². The fourth-order valence-electron chi connectivity index (χ4n) is 3.53. The molecule has 4 heterocycles. The maximum atomic E-state index is 12.5. The van der Waals surface area contributed by atoms with Crippen molar-refractivity contribution in [1.29, 1.82) is 0 Å². The highest BCUT2D eigenvalue weighted by atomic mass is 16.3. The minimum Gasteiger partial charge on any atom is -0.463 e. The number of rotatable bonds is 2. The predicted octanol–water partition coefficient (Wildman–Crippen LogP) is 2.26. The molecule has 2 aromatic rings. The van der Waals surface area contributed by atoms with Crippen LogP contribution in [-0.2, 0) is 0 Å². The predicted molar refractivity (Wildman–Crippen MR) is 76.6 cm³/mol. The third-order valence-corrected chi connectivity index (χ3v) is 4.70. The van der Waals surface area contributed by atoms with Gasteiger partial charge >= 0.3 is 0 Å². The number of fused-ring (bicyclic) bond motifs is 4. The van der Waals surface area contributed by atoms with Gasteiger partial charge in [-0.3, -0.25) is 4.79 Å². The van der Waals surface area contributed by atoms with Crippen molar-refractivity contribution in [3.8, 4) is 0 Å². The summed E-state index contributed by atoms with van der Waals surface area (Å²) in [7, 11) is 0. The van der Waals surface area contributed by atoms with E-state index in [9.17, 15) is 4.79 Å². The van der Waals surface area contributed by atoms with Crippen molar-refractivity contribution in [1.82, 2.24) is 10.2 Å². The molecule has 1 aromatic carbocycles. The Kier molecular flexibility index (Phi) is 2.77. The summed E-state index contributed by atoms with van der Waals surface area (Å²) in [5, 5.41) is 4.10. The van der Waals surface area contributed by atoms with Gasteiger partial charge in [-0.15, -0.1) is 0 Å². The number of nitrogens with zero attached hydrogens (tertiary/aromatic N) is 1. The number of piperidine rings is 3. The van der Waals surface area contributed by atoms with E-state index < -0.39 is 0 Å². The highest BCUT2D eigenvalue weighted by molar-refractivity contribution is 6.06. The summed E-state index contributed by atoms with van der Waals surface area (Å²) in [4.78, 5) is 14.9. The fourth-order valence-corrected chi connectivity index (χ4v) is 3.53. The van der Waals surface area contributed by atoms with E-state index in [4.69, 9.17) is 4.42 Å². The van der Waals surface area contributed by atoms with Crippen molar-refractivity contribution in [2.24, 2.45) is 5.92 Å². The Balaban J connectivity index is 1.56. The van der Waals surface area contributed by atoms with Crippen molar-refractivity contribution in [2.45, 2.75) is 18.9 Å². The number of benzene rings is 1. The van der Waals surface area contributed by atoms with Crippen molar-refractivity contribution in [2.75, 3.05) is 19.6 Å². The normalized spacial score (nSPS) is 28.7. The lowest BCUT2D eigenvalue weighted by Crippen LogP contribution is -2.57. The number of carbonyl (C=O) groups is 1. The van der Waals surface area contributed by atoms with Crippen LogP contribution in [0.25, 0.3) is 11.0 Å². The Morgan fingerprint density at radius 2 is 2.05 bits per heavy atom. The van der Waals surface area contributed by atoms with Gasteiger partial charge in [0.05, 0.1) is 5.56 Å². The molecule has 3 fully saturated rings. The molecule has 1 atom stereocenters. The summed E-state index contributed by atoms with van der Waals surface area (Å²) in [6.07, 6.45) is 3.98. The van der Waals surface area contributed by atoms with Gasteiger partial charge in [0, 0.05) is 18.0 Å². The van der Waals surface area contributed by atoms with Crippen molar-refractivity contribution < 1.29 is 9.21 Å². The minimum absolute atomic E-state index is 0.00583. The number of hydrogen-bond acceptors (Lipinski definition) is 3. The van der Waals surface area contributed by atoms with E-state index in [0.29, 0.717) is 17.5 Å². The Morgan fingerprint density at radius 1 is 1.25 bits per heavy atom. The molecule has 0 spiro atoms. The fraction of sp³-hybridized carbons (Fsp3) is 0.438. The van der Waals surface area contributed by atoms with E-state index >= 15 is 0 Å². The summed E-state index contributed by atoms with van der Waals surface area (Å²) in [5.74, 6) is 0.635. The first-order valence-corrected chi connectivity index (χ1v) is 7.31. The topological polar surface area (TPSA) is 45.5 Å². The molecule has 3 aliphatic rings. The van der Waals surface area contributed by atoms with E-state index in [2.05, 4.69) is 10.2 Å². The molecular formula is C16H18N2O2. The van der Waals surface area contributed by atoms with Crippen molar-refractivity contribution in [3.63, 3.8) is 0 Å². The highest BCUT2D eigenvalue weighted by Gasteiger charge is 2.35. The van der Waals surface area contributed by atoms with Gasteiger partial charge in [0.25, 0.3) is 5.91 Å². The lowest BCUT2D eigenvalue weighted by molar-refractivity contribution is 0.0621. The molecule has 0 radical (unpaired) electrons. The van der Waals surface area contributed by atoms with Crippen LogP contribution in [0.2, 0.25) is 0 Å². The summed E-state index contributed by atoms with van der Waals surface area (Å²) in [6, 6.07) is 7.97. The van der Waals surface area contributed by atoms with E-state index in [0.717, 1.165) is 17.5 Å². The van der Waals surface area contributed by atoms with Crippen LogP contribution in [0.4, 0.5) is 0 Å². The minimum atomic E-state index is -0.00583. The molecule has 3 aliphatic heterocycles. The molecular weight excluding hydrogens is 252 g/mol. The van der Waals surface area contributed by atoms with Crippen LogP contribution in [-0.4, -0.2) is 36.5 Å². The first-order valence-electron chi connectivity index (χ1n) is 7.31. The van der Waals surface area contributed by atoms with E-state index in [1.165, 1.54) is 25.9 Å². The molecule has 3 saturated heterocycles. The van der Waals surface area contributed by atoms with Gasteiger partial charge in [0.2, 0.25) is 0 Å². The van der Waals surface area contributed by atoms with Gasteiger partial charge in [-0.25, -0.2) is 0 Å². The zero-order valence-electron chi connectivity index (χ0n) is 11.3. The molecule has 104 valence electrons. The molecule has 0 aliphatic carbocycles. The average molecular weight is 270 g/mol. The lowest BCUT2D eigenvalue weighted by atomic mass is 9.84. The lowest BCUT2D eigenvalue weighted by Gasteiger charge is -2.44. The van der Waals surface area contributed by atoms with Crippen molar-refractivity contribution >= 4 is 16.9 Å². The SMILES string of the molecule is O=C(N[C@@H]1CN2CCC1CC2)c1coc2ccccc12. The Bertz CT molecular complexity index is 641. The molecule has 1 amide bonds. The molecule has 2 bridgehead atoms. The molecule has 20 heavy (non-hydrogen) atoms. The van der Waals surface area contributed by atoms with E-state index in [-0.39, 0.29) is 5.91 Å². The van der Waals surface area contributed by atoms with Crippen LogP contribution in [0.1, 0.15) is 23.2 Å². The van der Waals surface area contributed by atoms with Gasteiger partial charge in [-0.2, -0.15) is 0 Å². The third-order valence-electron chi connectivity index (χ3n) is 4.70. The zero-order valence-corrected chi connectivity index (χ0v) is 11.3. The second-order valence-electron chi connectivity index (χ2n) is 5.86. The van der Waals surface area contributed by atoms with Crippen molar-refractivity contribution in [3.05, 3.63) is 36.1 Å². The van der Waals surface area contributed by atoms with Gasteiger partial charge in [0.15, 0.2) is 0 Å². The van der Waals surface area contributed by atoms with Gasteiger partial charge in [-0.1, -0.05) is 18.2 Å². The standard InChI is InChI=1S/C16H18N2O2/c19-16(13-10-20-15-4-2-1-3-12(13)15)17-14-9-18-7-5-11(14)6-8-18/h1-4,10-11,14H,5-9H2,(H,17,19)/t14-/m1/s1. The third kappa shape index (κ3) is 1.91. The first kappa shape index (κ1) is 12.0. The van der Waals surface area contributed by atoms with E-state index in [1.807, 2.05) is 24.3 Å². The average Bonchev–Trinajstić information content (AvgIpc) is 2.92. The Labute approximate surface area is 117 Å². The first-order chi connectivity index (χ1) is 9.81. The summed E-state index contributed by atoms with van der Waals surface area (Å²) in [6.45, 7) is 3.36. The molecule has 1 aromatic heterocycles. The molecule has 1 N–H and O–H groups in total. The van der Waals surface area contributed by atoms with Crippen LogP contribution in [0.15, 0.2) is 34.9 Å². The molecule has 4 nitrogen and oxygen atoms in total. The monoisotopic (exact) mass is 270 g/mol. The Hall–Kier alpha value is -1.81. The maximum absolute atomic E-state index is 12.5. The van der Waals surface area contributed by atoms with Crippen LogP contribution < -0.4 is 5.32 Å². The number of hydrogen-bond donors (Lipinski definition) is 1. The van der Waals surface area contributed by atoms with Gasteiger partial charge < -0.3 is 14.6 Å². The molecule has 5 rings (SSSR count). The molecule has 0 unspecified atom stereocenters. The number of nitrogens with one attached hydrogen (secondary N) is 1. The largest absolute Gasteiger partial charge is 0.463 e. The van der Waals surface area contributed by atoms with Gasteiger partial charge in [-0.05, 0) is 37.9 Å².